The number of nitrogens with zero attached hydrogens (tertiary/aromatic N) is 7. The fourth-order valence-electron chi connectivity index (χ4n) is 5.09. The average Bonchev–Trinajstić information content (AvgIpc) is 3.47. The van der Waals surface area contributed by atoms with Crippen molar-refractivity contribution in [1.82, 2.24) is 24.4 Å². The molecule has 2 amide bonds. The SMILES string of the molecule is COc1ccccc1CNc1nc(N2CCN(C(=O)Nc3ccccc3)CC2)nc2c1ncn2Cc1ccc([N+](=O)[O-])cc1. The molecule has 2 aromatic heterocycles. The number of para-hydroxylation sites is 2. The quantitative estimate of drug-likeness (QED) is 0.183. The molecule has 1 fully saturated rings. The molecule has 1 saturated heterocycles. The molecule has 2 N–H and O–H groups in total. The number of anilines is 3. The molecular formula is C31H31N9O4. The van der Waals surface area contributed by atoms with E-state index in [0.717, 1.165) is 22.6 Å². The number of rotatable bonds is 9. The lowest BCUT2D eigenvalue weighted by Crippen LogP contribution is -2.50. The van der Waals surface area contributed by atoms with Gasteiger partial charge in [0.15, 0.2) is 17.0 Å². The van der Waals surface area contributed by atoms with Crippen LogP contribution in [-0.4, -0.2) is 68.7 Å². The Hall–Kier alpha value is -5.72. The van der Waals surface area contributed by atoms with Gasteiger partial charge in [0.2, 0.25) is 5.95 Å². The van der Waals surface area contributed by atoms with Gasteiger partial charge in [0.05, 0.1) is 24.9 Å². The Morgan fingerprint density at radius 3 is 2.41 bits per heavy atom. The Morgan fingerprint density at radius 1 is 0.955 bits per heavy atom. The number of aromatic nitrogens is 4. The molecule has 1 aliphatic heterocycles. The zero-order valence-electron chi connectivity index (χ0n) is 24.1. The van der Waals surface area contributed by atoms with Crippen molar-refractivity contribution in [2.24, 2.45) is 0 Å². The molecule has 5 aromatic rings. The number of methoxy groups -OCH3 is 1. The van der Waals surface area contributed by atoms with Crippen molar-refractivity contribution in [2.75, 3.05) is 48.8 Å². The minimum absolute atomic E-state index is 0.0354. The fourth-order valence-corrected chi connectivity index (χ4v) is 5.09. The van der Waals surface area contributed by atoms with Gasteiger partial charge in [-0.15, -0.1) is 0 Å². The van der Waals surface area contributed by atoms with Crippen LogP contribution in [0.2, 0.25) is 0 Å². The van der Waals surface area contributed by atoms with Crippen LogP contribution in [0.15, 0.2) is 85.2 Å². The number of nitro groups is 1. The van der Waals surface area contributed by atoms with Crippen LogP contribution in [-0.2, 0) is 13.1 Å². The predicted molar refractivity (Wildman–Crippen MR) is 167 cm³/mol. The lowest BCUT2D eigenvalue weighted by Gasteiger charge is -2.34. The van der Waals surface area contributed by atoms with Gasteiger partial charge in [-0.2, -0.15) is 9.97 Å². The molecule has 3 aromatic carbocycles. The van der Waals surface area contributed by atoms with E-state index in [4.69, 9.17) is 14.7 Å². The number of fused-ring (bicyclic) bond motifs is 1. The summed E-state index contributed by atoms with van der Waals surface area (Å²) in [6.45, 7) is 2.99. The second-order valence-electron chi connectivity index (χ2n) is 10.3. The lowest BCUT2D eigenvalue weighted by atomic mass is 10.2. The third-order valence-electron chi connectivity index (χ3n) is 7.47. The van der Waals surface area contributed by atoms with Crippen LogP contribution < -0.4 is 20.3 Å². The Kier molecular flexibility index (Phi) is 8.17. The zero-order valence-corrected chi connectivity index (χ0v) is 24.1. The van der Waals surface area contributed by atoms with Crippen molar-refractivity contribution in [3.05, 3.63) is 106 Å². The van der Waals surface area contributed by atoms with Crippen molar-refractivity contribution < 1.29 is 14.5 Å². The zero-order chi connectivity index (χ0) is 30.5. The highest BCUT2D eigenvalue weighted by atomic mass is 16.6. The minimum Gasteiger partial charge on any atom is -0.496 e. The molecule has 3 heterocycles. The van der Waals surface area contributed by atoms with Gasteiger partial charge in [0.1, 0.15) is 5.75 Å². The first-order valence-electron chi connectivity index (χ1n) is 14.2. The van der Waals surface area contributed by atoms with Gasteiger partial charge in [-0.1, -0.05) is 48.5 Å². The molecule has 0 unspecified atom stereocenters. The van der Waals surface area contributed by atoms with E-state index >= 15 is 0 Å². The van der Waals surface area contributed by atoms with E-state index < -0.39 is 4.92 Å². The fraction of sp³-hybridized carbons (Fsp3) is 0.226. The van der Waals surface area contributed by atoms with E-state index in [1.54, 1.807) is 30.5 Å². The first kappa shape index (κ1) is 28.4. The molecular weight excluding hydrogens is 562 g/mol. The molecule has 0 saturated carbocycles. The van der Waals surface area contributed by atoms with Crippen LogP contribution >= 0.6 is 0 Å². The van der Waals surface area contributed by atoms with Crippen LogP contribution in [0.3, 0.4) is 0 Å². The third kappa shape index (κ3) is 6.21. The molecule has 224 valence electrons. The summed E-state index contributed by atoms with van der Waals surface area (Å²) in [5, 5.41) is 17.5. The Bertz CT molecular complexity index is 1770. The van der Waals surface area contributed by atoms with E-state index in [-0.39, 0.29) is 11.7 Å². The summed E-state index contributed by atoms with van der Waals surface area (Å²) in [7, 11) is 1.64. The van der Waals surface area contributed by atoms with Gasteiger partial charge in [0, 0.05) is 56.1 Å². The van der Waals surface area contributed by atoms with E-state index in [2.05, 4.69) is 20.5 Å². The summed E-state index contributed by atoms with van der Waals surface area (Å²) in [4.78, 5) is 41.8. The number of imidazole rings is 1. The van der Waals surface area contributed by atoms with Crippen molar-refractivity contribution in [3.63, 3.8) is 0 Å². The molecule has 0 aliphatic carbocycles. The van der Waals surface area contributed by atoms with Crippen molar-refractivity contribution in [2.45, 2.75) is 13.1 Å². The number of carbonyl (C=O) groups excluding carboxylic acids is 1. The highest BCUT2D eigenvalue weighted by Gasteiger charge is 2.25. The largest absolute Gasteiger partial charge is 0.496 e. The first-order valence-corrected chi connectivity index (χ1v) is 14.2. The average molecular weight is 594 g/mol. The normalized spacial score (nSPS) is 13.1. The van der Waals surface area contributed by atoms with E-state index in [0.29, 0.717) is 62.2 Å². The Labute approximate surface area is 253 Å². The summed E-state index contributed by atoms with van der Waals surface area (Å²) >= 11 is 0. The van der Waals surface area contributed by atoms with E-state index in [1.807, 2.05) is 59.2 Å². The summed E-state index contributed by atoms with van der Waals surface area (Å²) in [6, 6.07) is 23.4. The van der Waals surface area contributed by atoms with Gasteiger partial charge in [-0.3, -0.25) is 10.1 Å². The molecule has 13 nitrogen and oxygen atoms in total. The molecule has 1 aliphatic rings. The highest BCUT2D eigenvalue weighted by molar-refractivity contribution is 5.89. The van der Waals surface area contributed by atoms with Crippen LogP contribution in [0, 0.1) is 10.1 Å². The summed E-state index contributed by atoms with van der Waals surface area (Å²) < 4.78 is 7.42. The summed E-state index contributed by atoms with van der Waals surface area (Å²) in [6.07, 6.45) is 1.70. The monoisotopic (exact) mass is 593 g/mol. The van der Waals surface area contributed by atoms with Crippen LogP contribution in [0.1, 0.15) is 11.1 Å². The molecule has 0 atom stereocenters. The van der Waals surface area contributed by atoms with Crippen molar-refractivity contribution in [3.8, 4) is 5.75 Å². The molecule has 0 spiro atoms. The first-order chi connectivity index (χ1) is 21.5. The van der Waals surface area contributed by atoms with Gasteiger partial charge >= 0.3 is 6.03 Å². The van der Waals surface area contributed by atoms with Gasteiger partial charge in [0.25, 0.3) is 5.69 Å². The molecule has 44 heavy (non-hydrogen) atoms. The number of benzene rings is 3. The maximum atomic E-state index is 12.8. The number of hydrogen-bond donors (Lipinski definition) is 2. The number of amides is 2. The molecule has 0 bridgehead atoms. The maximum absolute atomic E-state index is 12.8. The highest BCUT2D eigenvalue weighted by Crippen LogP contribution is 2.26. The number of nitrogens with one attached hydrogen (secondary N) is 2. The number of piperazine rings is 1. The Morgan fingerprint density at radius 2 is 1.68 bits per heavy atom. The summed E-state index contributed by atoms with van der Waals surface area (Å²) in [5.74, 6) is 1.86. The smallest absolute Gasteiger partial charge is 0.321 e. The second kappa shape index (κ2) is 12.7. The molecule has 6 rings (SSSR count). The number of ether oxygens (including phenoxy) is 1. The van der Waals surface area contributed by atoms with Crippen LogP contribution in [0.25, 0.3) is 11.2 Å². The predicted octanol–water partition coefficient (Wildman–Crippen LogP) is 4.76. The third-order valence-corrected chi connectivity index (χ3v) is 7.47. The number of non-ortho nitro benzene ring substituents is 1. The lowest BCUT2D eigenvalue weighted by molar-refractivity contribution is -0.384. The topological polar surface area (TPSA) is 144 Å². The summed E-state index contributed by atoms with van der Waals surface area (Å²) in [5.41, 5.74) is 3.85. The maximum Gasteiger partial charge on any atom is 0.321 e. The van der Waals surface area contributed by atoms with Crippen LogP contribution in [0.4, 0.5) is 27.9 Å². The molecule has 13 heteroatoms. The van der Waals surface area contributed by atoms with Crippen LogP contribution in [0.5, 0.6) is 5.75 Å². The number of nitro benzene ring substituents is 1. The Balaban J connectivity index is 1.25. The van der Waals surface area contributed by atoms with Crippen molar-refractivity contribution >= 4 is 40.3 Å². The second-order valence-corrected chi connectivity index (χ2v) is 10.3. The van der Waals surface area contributed by atoms with Gasteiger partial charge in [-0.05, 0) is 23.8 Å². The van der Waals surface area contributed by atoms with Crippen molar-refractivity contribution in [1.29, 1.82) is 0 Å². The van der Waals surface area contributed by atoms with E-state index in [9.17, 15) is 14.9 Å². The number of hydrogen-bond acceptors (Lipinski definition) is 9. The standard InChI is InChI=1S/C31H31N9O4/c1-44-26-10-6-5-7-23(26)19-32-28-27-29(39(21-33-27)20-22-11-13-25(14-12-22)40(42)43)36-30(35-28)37-15-17-38(18-16-37)31(41)34-24-8-3-2-4-9-24/h2-14,21H,15-20H2,1H3,(H,34,41)(H,32,35,36). The number of carbonyl (C=O) groups is 1. The van der Waals surface area contributed by atoms with E-state index in [1.165, 1.54) is 12.1 Å². The number of urea groups is 1. The van der Waals surface area contributed by atoms with Gasteiger partial charge in [-0.25, -0.2) is 9.78 Å². The molecule has 0 radical (unpaired) electrons. The minimum atomic E-state index is -0.416. The van der Waals surface area contributed by atoms with Gasteiger partial charge < -0.3 is 29.7 Å².